The molecule has 1 saturated carbocycles. The Morgan fingerprint density at radius 1 is 1.33 bits per heavy atom. The zero-order valence-electron chi connectivity index (χ0n) is 12.5. The smallest absolute Gasteiger partial charge is 0.303 e. The largest absolute Gasteiger partial charge is 0.481 e. The summed E-state index contributed by atoms with van der Waals surface area (Å²) >= 11 is 1.66. The second kappa shape index (κ2) is 7.07. The van der Waals surface area contributed by atoms with Gasteiger partial charge in [-0.15, -0.1) is 11.3 Å². The van der Waals surface area contributed by atoms with E-state index in [1.54, 1.807) is 23.3 Å². The molecule has 1 aromatic rings. The first-order valence-electron chi connectivity index (χ1n) is 7.57. The Bertz CT molecular complexity index is 478. The van der Waals surface area contributed by atoms with Crippen molar-refractivity contribution in [2.24, 2.45) is 0 Å². The van der Waals surface area contributed by atoms with E-state index < -0.39 is 5.97 Å². The third-order valence-corrected chi connectivity index (χ3v) is 5.41. The molecule has 0 radical (unpaired) electrons. The molecule has 0 aliphatic heterocycles. The van der Waals surface area contributed by atoms with Crippen LogP contribution < -0.4 is 0 Å². The number of likely N-dealkylation sites (N-methyl/N-ethyl adjacent to an activating group) is 1. The molecule has 1 aliphatic carbocycles. The molecular weight excluding hydrogens is 286 g/mol. The van der Waals surface area contributed by atoms with Gasteiger partial charge in [0.1, 0.15) is 0 Å². The Labute approximate surface area is 129 Å². The Balaban J connectivity index is 2.09. The summed E-state index contributed by atoms with van der Waals surface area (Å²) in [5, 5.41) is 10.7. The van der Waals surface area contributed by atoms with Crippen molar-refractivity contribution in [2.75, 3.05) is 13.6 Å². The normalized spacial score (nSPS) is 17.4. The van der Waals surface area contributed by atoms with Crippen molar-refractivity contribution in [1.29, 1.82) is 0 Å². The number of carboxylic acid groups (broad SMARTS) is 1. The predicted octanol–water partition coefficient (Wildman–Crippen LogP) is 3.27. The third-order valence-electron chi connectivity index (χ3n) is 4.34. The highest BCUT2D eigenvalue weighted by Crippen LogP contribution is 2.42. The third kappa shape index (κ3) is 3.64. The van der Waals surface area contributed by atoms with Crippen molar-refractivity contribution in [3.8, 4) is 0 Å². The number of hydrogen-bond acceptors (Lipinski definition) is 3. The molecule has 0 unspecified atom stereocenters. The van der Waals surface area contributed by atoms with Crippen LogP contribution >= 0.6 is 11.3 Å². The van der Waals surface area contributed by atoms with E-state index >= 15 is 0 Å². The summed E-state index contributed by atoms with van der Waals surface area (Å²) in [6, 6.07) is 4.08. The lowest BCUT2D eigenvalue weighted by Gasteiger charge is -2.38. The molecule has 1 aliphatic rings. The minimum absolute atomic E-state index is 0.115. The summed E-state index contributed by atoms with van der Waals surface area (Å²) in [6.07, 6.45) is 5.83. The molecule has 1 fully saturated rings. The Hall–Kier alpha value is -1.36. The molecule has 21 heavy (non-hydrogen) atoms. The van der Waals surface area contributed by atoms with Crippen LogP contribution in [-0.2, 0) is 15.0 Å². The fourth-order valence-electron chi connectivity index (χ4n) is 3.21. The van der Waals surface area contributed by atoms with Gasteiger partial charge in [-0.05, 0) is 30.7 Å². The first kappa shape index (κ1) is 16.0. The Morgan fingerprint density at radius 2 is 2.05 bits per heavy atom. The van der Waals surface area contributed by atoms with Gasteiger partial charge in [0, 0.05) is 24.9 Å². The highest BCUT2D eigenvalue weighted by atomic mass is 32.1. The summed E-state index contributed by atoms with van der Waals surface area (Å²) in [5.74, 6) is -0.642. The Kier molecular flexibility index (Phi) is 5.39. The summed E-state index contributed by atoms with van der Waals surface area (Å²) < 4.78 is 0. The molecule has 1 amide bonds. The van der Waals surface area contributed by atoms with Crippen LogP contribution in [0.15, 0.2) is 17.5 Å². The number of carbonyl (C=O) groups excluding carboxylic acids is 1. The number of rotatable bonds is 6. The molecule has 2 rings (SSSR count). The average molecular weight is 309 g/mol. The van der Waals surface area contributed by atoms with E-state index in [2.05, 4.69) is 6.07 Å². The van der Waals surface area contributed by atoms with Crippen molar-refractivity contribution in [3.63, 3.8) is 0 Å². The van der Waals surface area contributed by atoms with Crippen LogP contribution in [0.5, 0.6) is 0 Å². The van der Waals surface area contributed by atoms with Crippen LogP contribution in [0.25, 0.3) is 0 Å². The molecule has 0 saturated heterocycles. The van der Waals surface area contributed by atoms with Crippen molar-refractivity contribution in [3.05, 3.63) is 22.4 Å². The van der Waals surface area contributed by atoms with Gasteiger partial charge in [0.15, 0.2) is 0 Å². The quantitative estimate of drug-likeness (QED) is 0.877. The molecule has 116 valence electrons. The molecule has 0 bridgehead atoms. The fraction of sp³-hybridized carbons (Fsp3) is 0.625. The zero-order chi connectivity index (χ0) is 15.3. The lowest BCUT2D eigenvalue weighted by Crippen LogP contribution is -2.46. The number of carboxylic acids is 1. The monoisotopic (exact) mass is 309 g/mol. The molecule has 0 aromatic carbocycles. The van der Waals surface area contributed by atoms with Gasteiger partial charge in [0.2, 0.25) is 5.91 Å². The van der Waals surface area contributed by atoms with E-state index in [4.69, 9.17) is 5.11 Å². The minimum atomic E-state index is -0.804. The molecule has 0 spiro atoms. The topological polar surface area (TPSA) is 57.6 Å². The molecule has 0 atom stereocenters. The highest BCUT2D eigenvalue weighted by molar-refractivity contribution is 7.10. The molecule has 1 heterocycles. The van der Waals surface area contributed by atoms with E-state index in [9.17, 15) is 9.59 Å². The summed E-state index contributed by atoms with van der Waals surface area (Å²) in [4.78, 5) is 26.5. The standard InChI is InChI=1S/C16H23NO3S/c1-17(11-5-8-14(18)19)15(20)16(9-3-2-4-10-16)13-7-6-12-21-13/h6-7,12H,2-5,8-11H2,1H3,(H,18,19). The van der Waals surface area contributed by atoms with Crippen LogP contribution in [0, 0.1) is 0 Å². The van der Waals surface area contributed by atoms with Gasteiger partial charge in [-0.2, -0.15) is 0 Å². The first-order chi connectivity index (χ1) is 10.1. The van der Waals surface area contributed by atoms with Gasteiger partial charge in [0.25, 0.3) is 0 Å². The maximum absolute atomic E-state index is 13.0. The van der Waals surface area contributed by atoms with Crippen molar-refractivity contribution >= 4 is 23.2 Å². The van der Waals surface area contributed by atoms with Gasteiger partial charge < -0.3 is 10.0 Å². The number of aliphatic carboxylic acids is 1. The van der Waals surface area contributed by atoms with Gasteiger partial charge in [-0.25, -0.2) is 0 Å². The summed E-state index contributed by atoms with van der Waals surface area (Å²) in [6.45, 7) is 0.512. The Morgan fingerprint density at radius 3 is 2.62 bits per heavy atom. The second-order valence-corrected chi connectivity index (χ2v) is 6.79. The van der Waals surface area contributed by atoms with Crippen LogP contribution in [-0.4, -0.2) is 35.5 Å². The second-order valence-electron chi connectivity index (χ2n) is 5.84. The van der Waals surface area contributed by atoms with E-state index in [-0.39, 0.29) is 17.7 Å². The maximum Gasteiger partial charge on any atom is 0.303 e. The SMILES string of the molecule is CN(CCCC(=O)O)C(=O)C1(c2cccs2)CCCCC1. The lowest BCUT2D eigenvalue weighted by atomic mass is 9.72. The first-order valence-corrected chi connectivity index (χ1v) is 8.45. The lowest BCUT2D eigenvalue weighted by molar-refractivity contribution is -0.140. The molecule has 4 nitrogen and oxygen atoms in total. The number of hydrogen-bond donors (Lipinski definition) is 1. The van der Waals surface area contributed by atoms with Crippen LogP contribution in [0.2, 0.25) is 0 Å². The van der Waals surface area contributed by atoms with E-state index in [1.165, 1.54) is 6.42 Å². The molecule has 5 heteroatoms. The van der Waals surface area contributed by atoms with E-state index in [0.717, 1.165) is 30.6 Å². The van der Waals surface area contributed by atoms with Crippen LogP contribution in [0.3, 0.4) is 0 Å². The molecular formula is C16H23NO3S. The number of nitrogens with zero attached hydrogens (tertiary/aromatic N) is 1. The highest BCUT2D eigenvalue weighted by Gasteiger charge is 2.43. The van der Waals surface area contributed by atoms with Gasteiger partial charge in [-0.1, -0.05) is 25.3 Å². The van der Waals surface area contributed by atoms with E-state index in [1.807, 2.05) is 11.4 Å². The maximum atomic E-state index is 13.0. The van der Waals surface area contributed by atoms with Crippen LogP contribution in [0.1, 0.15) is 49.8 Å². The van der Waals surface area contributed by atoms with Crippen molar-refractivity contribution in [2.45, 2.75) is 50.4 Å². The number of amides is 1. The van der Waals surface area contributed by atoms with E-state index in [0.29, 0.717) is 13.0 Å². The number of carbonyl (C=O) groups is 2. The fourth-order valence-corrected chi connectivity index (χ4v) is 4.18. The van der Waals surface area contributed by atoms with Crippen molar-refractivity contribution in [1.82, 2.24) is 4.90 Å². The minimum Gasteiger partial charge on any atom is -0.481 e. The average Bonchev–Trinajstić information content (AvgIpc) is 3.01. The van der Waals surface area contributed by atoms with Gasteiger partial charge in [0.05, 0.1) is 5.41 Å². The summed E-state index contributed by atoms with van der Waals surface area (Å²) in [7, 11) is 1.80. The zero-order valence-corrected chi connectivity index (χ0v) is 13.3. The van der Waals surface area contributed by atoms with Crippen molar-refractivity contribution < 1.29 is 14.7 Å². The molecule has 1 aromatic heterocycles. The van der Waals surface area contributed by atoms with Crippen LogP contribution in [0.4, 0.5) is 0 Å². The summed E-state index contributed by atoms with van der Waals surface area (Å²) in [5.41, 5.74) is -0.371. The predicted molar refractivity (Wildman–Crippen MR) is 83.6 cm³/mol. The number of thiophene rings is 1. The van der Waals surface area contributed by atoms with Gasteiger partial charge >= 0.3 is 5.97 Å². The molecule has 1 N–H and O–H groups in total. The van der Waals surface area contributed by atoms with Gasteiger partial charge in [-0.3, -0.25) is 9.59 Å².